The fourth-order valence-corrected chi connectivity index (χ4v) is 11.4. The van der Waals surface area contributed by atoms with Gasteiger partial charge in [-0.1, -0.05) is 26.0 Å². The van der Waals surface area contributed by atoms with Gasteiger partial charge >= 0.3 is 11.9 Å². The molecule has 3 rings (SSSR count). The zero-order valence-electron chi connectivity index (χ0n) is 59.4. The smallest absolute Gasteiger partial charge is 0.326 e. The average Bonchev–Trinajstić information content (AvgIpc) is 1.51. The second-order valence-electron chi connectivity index (χ2n) is 25.6. The third-order valence-electron chi connectivity index (χ3n) is 16.5. The van der Waals surface area contributed by atoms with Gasteiger partial charge in [-0.3, -0.25) is 86.3 Å². The number of primary amides is 3. The summed E-state index contributed by atoms with van der Waals surface area (Å²) in [7, 11) is 0. The number of likely N-dealkylation sites (tertiary alicyclic amines) is 2. The lowest BCUT2D eigenvalue weighted by atomic mass is 10.0. The number of hydrogen-bond donors (Lipinski definition) is 23. The second kappa shape index (κ2) is 44.9. The number of carboxylic acid groups (broad SMARTS) is 2. The van der Waals surface area contributed by atoms with E-state index in [9.17, 15) is 127 Å². The number of benzene rings is 1. The van der Waals surface area contributed by atoms with Crippen LogP contribution in [0.15, 0.2) is 24.3 Å². The van der Waals surface area contributed by atoms with Crippen LogP contribution < -0.4 is 86.7 Å². The number of nitrogens with two attached hydrogens (primary N) is 4. The number of thioether (sulfide) groups is 1. The number of aliphatic hydroxyl groups excluding tert-OH is 4. The number of amides is 17. The fourth-order valence-electron chi connectivity index (χ4n) is 10.9. The highest BCUT2D eigenvalue weighted by atomic mass is 32.2. The fraction of sp³-hybridized carbons (Fsp3) is 0.603. The largest absolute Gasteiger partial charge is 0.508 e. The number of rotatable bonds is 46. The molecule has 2 aliphatic rings. The summed E-state index contributed by atoms with van der Waals surface area (Å²) < 4.78 is 0. The van der Waals surface area contributed by atoms with Crippen LogP contribution in [0.5, 0.6) is 5.75 Å². The van der Waals surface area contributed by atoms with E-state index < -0.39 is 268 Å². The number of carboxylic acids is 2. The molecule has 0 bridgehead atoms. The highest BCUT2D eigenvalue weighted by molar-refractivity contribution is 7.98. The third kappa shape index (κ3) is 29.8. The number of nitrogens with one attached hydrogen (secondary N) is 12. The van der Waals surface area contributed by atoms with Crippen molar-refractivity contribution in [2.45, 2.75) is 176 Å². The molecule has 1 aromatic rings. The van der Waals surface area contributed by atoms with Gasteiger partial charge in [-0.2, -0.15) is 11.8 Å². The van der Waals surface area contributed by atoms with Gasteiger partial charge in [0, 0.05) is 19.5 Å². The first-order chi connectivity index (χ1) is 50.8. The molecule has 0 saturated carbocycles. The van der Waals surface area contributed by atoms with E-state index in [1.54, 1.807) is 6.26 Å². The Labute approximate surface area is 620 Å². The SMILES string of the molecule is CSCC[C@H](NC(=O)[C@H](CO)NC(=O)[C@H](CC(N)=O)NC(=O)[C@H](CC(C)C)NC(=O)[C@H](CC(=O)O)NC(=O)[C@H](CC(N)=O)NC(=O)[C@H](CO)NC(=O)[C@H](Cc1ccc(O)cc1)NC(=O)[C@H](CC(N)=O)NC(=O)[C@@H]1CCCN1C(=O)[C@@H](N)CO)C(=O)N[C@@H](C)C(=O)NCC(=O)N[C@@H](CO)C(=O)N1CCC[C@H]1C(=O)O. The Hall–Kier alpha value is -10.9. The zero-order chi connectivity index (χ0) is 81.4. The molecule has 2 heterocycles. The Kier molecular flexibility index (Phi) is 38.0. The highest BCUT2D eigenvalue weighted by Crippen LogP contribution is 2.21. The first-order valence-electron chi connectivity index (χ1n) is 33.8. The molecular formula is C63H96N18O26S. The number of hydrogen-bond acceptors (Lipinski definition) is 26. The Morgan fingerprint density at radius 1 is 0.472 bits per heavy atom. The summed E-state index contributed by atoms with van der Waals surface area (Å²) in [5, 5.41) is 95.8. The number of aliphatic hydroxyl groups is 4. The molecule has 0 spiro atoms. The summed E-state index contributed by atoms with van der Waals surface area (Å²) in [6, 6.07) is -19.2. The Balaban J connectivity index is 1.80. The van der Waals surface area contributed by atoms with Crippen LogP contribution in [0.2, 0.25) is 0 Å². The van der Waals surface area contributed by atoms with Crippen LogP contribution in [0.3, 0.4) is 0 Å². The second-order valence-corrected chi connectivity index (χ2v) is 26.5. The van der Waals surface area contributed by atoms with E-state index in [0.717, 1.165) is 9.80 Å². The van der Waals surface area contributed by atoms with Gasteiger partial charge in [-0.25, -0.2) is 4.79 Å². The van der Waals surface area contributed by atoms with Crippen LogP contribution in [0.25, 0.3) is 0 Å². The van der Waals surface area contributed by atoms with Crippen LogP contribution in [-0.2, 0) is 97.5 Å². The van der Waals surface area contributed by atoms with Crippen molar-refractivity contribution in [1.82, 2.24) is 73.6 Å². The van der Waals surface area contributed by atoms with Gasteiger partial charge in [-0.15, -0.1) is 0 Å². The minimum Gasteiger partial charge on any atom is -0.508 e. The lowest BCUT2D eigenvalue weighted by molar-refractivity contribution is -0.149. The molecule has 45 heteroatoms. The van der Waals surface area contributed by atoms with E-state index in [0.29, 0.717) is 12.8 Å². The number of aromatic hydroxyl groups is 1. The Bertz CT molecular complexity index is 3450. The molecule has 2 fully saturated rings. The van der Waals surface area contributed by atoms with Gasteiger partial charge < -0.3 is 132 Å². The third-order valence-corrected chi connectivity index (χ3v) is 17.2. The Morgan fingerprint density at radius 2 is 0.870 bits per heavy atom. The molecule has 108 heavy (non-hydrogen) atoms. The van der Waals surface area contributed by atoms with Crippen molar-refractivity contribution in [3.05, 3.63) is 29.8 Å². The van der Waals surface area contributed by atoms with E-state index in [-0.39, 0.29) is 55.8 Å². The number of aliphatic carboxylic acids is 2. The molecule has 2 saturated heterocycles. The van der Waals surface area contributed by atoms with Crippen molar-refractivity contribution in [3.8, 4) is 5.75 Å². The van der Waals surface area contributed by atoms with Crippen molar-refractivity contribution in [3.63, 3.8) is 0 Å². The van der Waals surface area contributed by atoms with Crippen molar-refractivity contribution >= 4 is 124 Å². The van der Waals surface area contributed by atoms with Gasteiger partial charge in [0.05, 0.1) is 58.7 Å². The monoisotopic (exact) mass is 1550 g/mol. The number of phenols is 1. The van der Waals surface area contributed by atoms with E-state index >= 15 is 0 Å². The van der Waals surface area contributed by atoms with E-state index in [1.165, 1.54) is 56.8 Å². The van der Waals surface area contributed by atoms with Gasteiger partial charge in [0.25, 0.3) is 0 Å². The molecule has 0 aliphatic carbocycles. The lowest BCUT2D eigenvalue weighted by Gasteiger charge is -2.28. The summed E-state index contributed by atoms with van der Waals surface area (Å²) in [4.78, 5) is 253. The van der Waals surface area contributed by atoms with Crippen molar-refractivity contribution in [2.75, 3.05) is 58.1 Å². The van der Waals surface area contributed by atoms with Gasteiger partial charge in [0.2, 0.25) is 100 Å². The normalized spacial score (nSPS) is 17.2. The summed E-state index contributed by atoms with van der Waals surface area (Å²) in [5.41, 5.74) is 22.2. The molecule has 1 aromatic carbocycles. The Morgan fingerprint density at radius 3 is 1.31 bits per heavy atom. The van der Waals surface area contributed by atoms with E-state index in [1.807, 2.05) is 10.6 Å². The molecule has 27 N–H and O–H groups in total. The van der Waals surface area contributed by atoms with E-state index in [2.05, 4.69) is 53.2 Å². The van der Waals surface area contributed by atoms with Gasteiger partial charge in [0.1, 0.15) is 90.3 Å². The molecular weight excluding hydrogens is 1460 g/mol. The first-order valence-corrected chi connectivity index (χ1v) is 35.2. The molecule has 2 aliphatic heterocycles. The minimum absolute atomic E-state index is 0.0368. The number of phenolic OH excluding ortho intramolecular Hbond substituents is 1. The number of carbonyl (C=O) groups excluding carboxylic acids is 17. The highest BCUT2D eigenvalue weighted by Gasteiger charge is 2.42. The van der Waals surface area contributed by atoms with Crippen molar-refractivity contribution in [2.24, 2.45) is 28.9 Å². The molecule has 14 atom stereocenters. The molecule has 0 radical (unpaired) electrons. The predicted molar refractivity (Wildman–Crippen MR) is 371 cm³/mol. The molecule has 0 unspecified atom stereocenters. The van der Waals surface area contributed by atoms with Gasteiger partial charge in [-0.05, 0) is 81.1 Å². The number of carbonyl (C=O) groups is 19. The first kappa shape index (κ1) is 91.3. The maximum absolute atomic E-state index is 14.1. The summed E-state index contributed by atoms with van der Waals surface area (Å²) >= 11 is 1.21. The topological polar surface area (TPSA) is 721 Å². The van der Waals surface area contributed by atoms with Crippen molar-refractivity contribution in [1.29, 1.82) is 0 Å². The van der Waals surface area contributed by atoms with Crippen LogP contribution in [0.1, 0.15) is 90.5 Å². The number of nitrogens with zero attached hydrogens (tertiary/aromatic N) is 2. The maximum atomic E-state index is 14.1. The van der Waals surface area contributed by atoms with Crippen LogP contribution >= 0.6 is 11.8 Å². The molecule has 0 aromatic heterocycles. The summed E-state index contributed by atoms with van der Waals surface area (Å²) in [6.45, 7) is -0.610. The van der Waals surface area contributed by atoms with Crippen LogP contribution in [0, 0.1) is 5.92 Å². The lowest BCUT2D eigenvalue weighted by Crippen LogP contribution is -2.62. The quantitative estimate of drug-likeness (QED) is 0.0288. The molecule has 44 nitrogen and oxygen atoms in total. The van der Waals surface area contributed by atoms with Gasteiger partial charge in [0.15, 0.2) is 0 Å². The predicted octanol–water partition coefficient (Wildman–Crippen LogP) is -12.3. The van der Waals surface area contributed by atoms with Crippen LogP contribution in [0.4, 0.5) is 0 Å². The average molecular weight is 1550 g/mol. The van der Waals surface area contributed by atoms with Crippen molar-refractivity contribution < 1.29 is 127 Å². The molecule has 17 amide bonds. The summed E-state index contributed by atoms with van der Waals surface area (Å²) in [6.07, 6.45) is -2.77. The maximum Gasteiger partial charge on any atom is 0.326 e. The zero-order valence-corrected chi connectivity index (χ0v) is 60.2. The van der Waals surface area contributed by atoms with Crippen LogP contribution in [-0.4, -0.2) is 301 Å². The summed E-state index contributed by atoms with van der Waals surface area (Å²) in [5.74, 6) is -23.7. The minimum atomic E-state index is -2.22. The standard InChI is InChI=1S/C63H96N18O26S/c1-28(2)17-34(52(95)74-37(20-46(66)88)56(99)79-40(25-83)58(101)71-33(13-16-108-4)51(94)69-29(3)50(93)68-23-48(90)70-42(27-85)62(105)81-15-6-8-44(81)63(106)107)72-57(100)39(22-49(91)92)76-54(97)36(19-45(65)87)75-59(102)41(26-84)78-53(96)35(18-30-9-11-31(86)12-10-30)73-55(98)38(21-47(67)89)77-60(103)43-7-5-14-80(43)61(104)32(64)24-82/h9-12,28-29,32-44,82-86H,5-8,13-27,64H2,1-4H3,(H2,65,87)(H2,66,88)(H2,67,89)(H,68,93)(H,69,94)(H,70,90)(H,71,101)(H,72,100)(H,73,98)(H,74,95)(H,75,102)(H,76,97)(H,77,103)(H,78,96)(H,79,99)(H,91,92)(H,106,107)/t29-,32-,33-,34-,35-,36-,37-,38-,39-,40-,41-,42-,43-,44-/m0/s1. The van der Waals surface area contributed by atoms with E-state index in [4.69, 9.17) is 22.9 Å². The molecule has 600 valence electrons.